The maximum absolute atomic E-state index is 12.2. The molecule has 5 heteroatoms. The Kier molecular flexibility index (Phi) is 2.91. The number of hydrogen-bond donors (Lipinski definition) is 1. The van der Waals surface area contributed by atoms with Crippen molar-refractivity contribution in [2.24, 2.45) is 0 Å². The van der Waals surface area contributed by atoms with E-state index >= 15 is 0 Å². The molecule has 0 fully saturated rings. The minimum absolute atomic E-state index is 0.0166. The van der Waals surface area contributed by atoms with Gasteiger partial charge in [0.05, 0.1) is 29.0 Å². The first kappa shape index (κ1) is 12.4. The Morgan fingerprint density at radius 3 is 2.53 bits per heavy atom. The van der Waals surface area contributed by atoms with Crippen LogP contribution in [-0.4, -0.2) is 39.0 Å². The Hall–Kier alpha value is -1.07. The van der Waals surface area contributed by atoms with Gasteiger partial charge in [0.25, 0.3) is 0 Å². The Morgan fingerprint density at radius 1 is 1.35 bits per heavy atom. The number of sulfone groups is 1. The van der Waals surface area contributed by atoms with Crippen molar-refractivity contribution >= 4 is 15.5 Å². The van der Waals surface area contributed by atoms with Gasteiger partial charge in [-0.1, -0.05) is 12.1 Å². The van der Waals surface area contributed by atoms with Crippen LogP contribution in [-0.2, 0) is 9.84 Å². The van der Waals surface area contributed by atoms with Gasteiger partial charge >= 0.3 is 0 Å². The SMILES string of the molecule is Cc1ccc(C)c2c1N(C)C(CO)CS2(=O)=O. The van der Waals surface area contributed by atoms with Crippen LogP contribution in [0.1, 0.15) is 11.1 Å². The third-order valence-corrected chi connectivity index (χ3v) is 5.33. The van der Waals surface area contributed by atoms with Gasteiger partial charge in [-0.2, -0.15) is 0 Å². The van der Waals surface area contributed by atoms with Crippen LogP contribution in [0, 0.1) is 13.8 Å². The molecule has 1 heterocycles. The Balaban J connectivity index is 2.77. The average molecular weight is 255 g/mol. The number of anilines is 1. The number of fused-ring (bicyclic) bond motifs is 1. The molecule has 0 amide bonds. The van der Waals surface area contributed by atoms with Gasteiger partial charge in [-0.3, -0.25) is 0 Å². The minimum atomic E-state index is -3.29. The minimum Gasteiger partial charge on any atom is -0.394 e. The quantitative estimate of drug-likeness (QED) is 0.809. The summed E-state index contributed by atoms with van der Waals surface area (Å²) in [6.45, 7) is 3.55. The number of nitrogens with zero attached hydrogens (tertiary/aromatic N) is 1. The molecule has 0 spiro atoms. The van der Waals surface area contributed by atoms with Crippen molar-refractivity contribution in [3.8, 4) is 0 Å². The molecule has 0 bridgehead atoms. The number of aliphatic hydroxyl groups excluding tert-OH is 1. The van der Waals surface area contributed by atoms with Crippen molar-refractivity contribution in [1.82, 2.24) is 0 Å². The summed E-state index contributed by atoms with van der Waals surface area (Å²) >= 11 is 0. The van der Waals surface area contributed by atoms with E-state index in [0.29, 0.717) is 4.90 Å². The standard InChI is InChI=1S/C12H17NO3S/c1-8-4-5-9(2)12-11(8)13(3)10(6-14)7-17(12,15)16/h4-5,10,14H,6-7H2,1-3H3. The molecule has 0 aromatic heterocycles. The number of rotatable bonds is 1. The van der Waals surface area contributed by atoms with Crippen LogP contribution in [0.15, 0.2) is 17.0 Å². The van der Waals surface area contributed by atoms with E-state index in [2.05, 4.69) is 0 Å². The highest BCUT2D eigenvalue weighted by molar-refractivity contribution is 7.91. The molecule has 1 unspecified atom stereocenters. The van der Waals surface area contributed by atoms with Crippen molar-refractivity contribution in [1.29, 1.82) is 0 Å². The zero-order valence-electron chi connectivity index (χ0n) is 10.3. The summed E-state index contributed by atoms with van der Waals surface area (Å²) in [5.74, 6) is -0.0166. The molecule has 94 valence electrons. The fraction of sp³-hybridized carbons (Fsp3) is 0.500. The van der Waals surface area contributed by atoms with Crippen molar-refractivity contribution < 1.29 is 13.5 Å². The molecule has 0 saturated carbocycles. The van der Waals surface area contributed by atoms with Crippen LogP contribution in [0.25, 0.3) is 0 Å². The average Bonchev–Trinajstić information content (AvgIpc) is 2.26. The number of likely N-dealkylation sites (N-methyl/N-ethyl adjacent to an activating group) is 1. The summed E-state index contributed by atoms with van der Waals surface area (Å²) in [7, 11) is -1.46. The molecule has 1 atom stereocenters. The predicted molar refractivity (Wildman–Crippen MR) is 67.2 cm³/mol. The van der Waals surface area contributed by atoms with E-state index < -0.39 is 9.84 Å². The smallest absolute Gasteiger partial charge is 0.182 e. The fourth-order valence-corrected chi connectivity index (χ4v) is 4.57. The molecular formula is C12H17NO3S. The Morgan fingerprint density at radius 2 is 1.94 bits per heavy atom. The van der Waals surface area contributed by atoms with Crippen molar-refractivity contribution in [3.63, 3.8) is 0 Å². The van der Waals surface area contributed by atoms with Crippen LogP contribution in [0.2, 0.25) is 0 Å². The van der Waals surface area contributed by atoms with Crippen molar-refractivity contribution in [3.05, 3.63) is 23.3 Å². The Bertz CT molecular complexity index is 551. The van der Waals surface area contributed by atoms with Gasteiger partial charge in [0, 0.05) is 7.05 Å². The Labute approximate surface area is 102 Å². The first-order valence-corrected chi connectivity index (χ1v) is 7.20. The molecule has 0 saturated heterocycles. The van der Waals surface area contributed by atoms with Gasteiger partial charge in [0.1, 0.15) is 0 Å². The van der Waals surface area contributed by atoms with Crippen molar-refractivity contribution in [2.45, 2.75) is 24.8 Å². The second-order valence-corrected chi connectivity index (χ2v) is 6.58. The molecule has 4 nitrogen and oxygen atoms in total. The highest BCUT2D eigenvalue weighted by Crippen LogP contribution is 2.37. The molecular weight excluding hydrogens is 238 g/mol. The number of aryl methyl sites for hydroxylation is 2. The lowest BCUT2D eigenvalue weighted by Crippen LogP contribution is -2.45. The molecule has 17 heavy (non-hydrogen) atoms. The summed E-state index contributed by atoms with van der Waals surface area (Å²) in [6.07, 6.45) is 0. The molecule has 1 aromatic rings. The zero-order valence-corrected chi connectivity index (χ0v) is 11.1. The summed E-state index contributed by atoms with van der Waals surface area (Å²) in [5.41, 5.74) is 2.43. The van der Waals surface area contributed by atoms with Crippen LogP contribution in [0.5, 0.6) is 0 Å². The zero-order chi connectivity index (χ0) is 12.8. The van der Waals surface area contributed by atoms with Gasteiger partial charge in [0.15, 0.2) is 9.84 Å². The lowest BCUT2D eigenvalue weighted by molar-refractivity contribution is 0.269. The molecule has 1 aliphatic rings. The van der Waals surface area contributed by atoms with Gasteiger partial charge in [-0.15, -0.1) is 0 Å². The molecule has 1 aliphatic heterocycles. The van der Waals surface area contributed by atoms with E-state index in [4.69, 9.17) is 0 Å². The van der Waals surface area contributed by atoms with E-state index in [9.17, 15) is 13.5 Å². The molecule has 0 aliphatic carbocycles. The first-order chi connectivity index (χ1) is 7.88. The number of aliphatic hydroxyl groups is 1. The molecule has 1 aromatic carbocycles. The topological polar surface area (TPSA) is 57.6 Å². The first-order valence-electron chi connectivity index (χ1n) is 5.55. The normalized spacial score (nSPS) is 22.4. The largest absolute Gasteiger partial charge is 0.394 e. The third kappa shape index (κ3) is 1.83. The number of benzene rings is 1. The third-order valence-electron chi connectivity index (χ3n) is 3.36. The fourth-order valence-electron chi connectivity index (χ4n) is 2.41. The lowest BCUT2D eigenvalue weighted by Gasteiger charge is -2.36. The van der Waals surface area contributed by atoms with Crippen molar-refractivity contribution in [2.75, 3.05) is 24.3 Å². The second-order valence-electron chi connectivity index (χ2n) is 4.61. The van der Waals surface area contributed by atoms with Gasteiger partial charge in [-0.05, 0) is 25.0 Å². The van der Waals surface area contributed by atoms with E-state index in [1.165, 1.54) is 0 Å². The van der Waals surface area contributed by atoms with Gasteiger partial charge in [0.2, 0.25) is 0 Å². The molecule has 1 N–H and O–H groups in total. The monoisotopic (exact) mass is 255 g/mol. The van der Waals surface area contributed by atoms with E-state index in [1.807, 2.05) is 37.9 Å². The van der Waals surface area contributed by atoms with Crippen LogP contribution in [0.4, 0.5) is 5.69 Å². The lowest BCUT2D eigenvalue weighted by atomic mass is 10.1. The van der Waals surface area contributed by atoms with E-state index in [0.717, 1.165) is 16.8 Å². The highest BCUT2D eigenvalue weighted by atomic mass is 32.2. The summed E-state index contributed by atoms with van der Waals surface area (Å²) in [5, 5.41) is 9.27. The predicted octanol–water partition coefficient (Wildman–Crippen LogP) is 0.888. The molecule has 2 rings (SSSR count). The van der Waals surface area contributed by atoms with E-state index in [-0.39, 0.29) is 18.4 Å². The maximum atomic E-state index is 12.2. The van der Waals surface area contributed by atoms with Crippen LogP contribution >= 0.6 is 0 Å². The second kappa shape index (κ2) is 3.99. The van der Waals surface area contributed by atoms with Gasteiger partial charge in [-0.25, -0.2) is 8.42 Å². The summed E-state index contributed by atoms with van der Waals surface area (Å²) < 4.78 is 24.4. The maximum Gasteiger partial charge on any atom is 0.182 e. The highest BCUT2D eigenvalue weighted by Gasteiger charge is 2.35. The van der Waals surface area contributed by atoms with Crippen LogP contribution in [0.3, 0.4) is 0 Å². The van der Waals surface area contributed by atoms with Crippen LogP contribution < -0.4 is 4.90 Å². The van der Waals surface area contributed by atoms with E-state index in [1.54, 1.807) is 0 Å². The summed E-state index contributed by atoms with van der Waals surface area (Å²) in [6, 6.07) is 3.40. The van der Waals surface area contributed by atoms with Gasteiger partial charge < -0.3 is 10.0 Å². The molecule has 0 radical (unpaired) electrons. The summed E-state index contributed by atoms with van der Waals surface area (Å²) in [4.78, 5) is 2.29. The number of hydrogen-bond acceptors (Lipinski definition) is 4.